The van der Waals surface area contributed by atoms with Gasteiger partial charge in [-0.1, -0.05) is 30.3 Å². The standard InChI is InChI=1S/C21H20N2O4/c1-26-20(24)13-9-7-12(8-10-13)18-19-15(11-17(23-18)21(25)27-2)14-5-3-4-6-16(14)22-19/h3-10,17-18,22-23H,11H2,1-2H3/t17-,18?/m0/s1. The Bertz CT molecular complexity index is 1010. The van der Waals surface area contributed by atoms with E-state index < -0.39 is 6.04 Å². The van der Waals surface area contributed by atoms with Crippen molar-refractivity contribution in [1.29, 1.82) is 0 Å². The molecule has 1 aromatic heterocycles. The molecule has 1 aliphatic rings. The van der Waals surface area contributed by atoms with Crippen molar-refractivity contribution in [3.63, 3.8) is 0 Å². The molecule has 2 atom stereocenters. The summed E-state index contributed by atoms with van der Waals surface area (Å²) in [6, 6.07) is 14.6. The Labute approximate surface area is 156 Å². The molecular weight excluding hydrogens is 344 g/mol. The van der Waals surface area contributed by atoms with Crippen molar-refractivity contribution < 1.29 is 19.1 Å². The lowest BCUT2D eigenvalue weighted by Crippen LogP contribution is -2.45. The van der Waals surface area contributed by atoms with Gasteiger partial charge in [0.15, 0.2) is 0 Å². The Balaban J connectivity index is 1.79. The molecule has 1 unspecified atom stereocenters. The first-order valence-corrected chi connectivity index (χ1v) is 8.74. The summed E-state index contributed by atoms with van der Waals surface area (Å²) in [4.78, 5) is 27.4. The molecule has 138 valence electrons. The zero-order valence-corrected chi connectivity index (χ0v) is 15.1. The van der Waals surface area contributed by atoms with Crippen molar-refractivity contribution in [3.8, 4) is 0 Å². The van der Waals surface area contributed by atoms with Crippen LogP contribution in [0.4, 0.5) is 0 Å². The number of esters is 2. The van der Waals surface area contributed by atoms with E-state index in [2.05, 4.69) is 16.4 Å². The lowest BCUT2D eigenvalue weighted by atomic mass is 9.90. The van der Waals surface area contributed by atoms with Crippen molar-refractivity contribution in [2.75, 3.05) is 14.2 Å². The fraction of sp³-hybridized carbons (Fsp3) is 0.238. The van der Waals surface area contributed by atoms with Gasteiger partial charge in [-0.3, -0.25) is 10.1 Å². The molecule has 0 spiro atoms. The van der Waals surface area contributed by atoms with Gasteiger partial charge in [0.1, 0.15) is 6.04 Å². The quantitative estimate of drug-likeness (QED) is 0.699. The normalized spacial score (nSPS) is 18.7. The first-order valence-electron chi connectivity index (χ1n) is 8.74. The van der Waals surface area contributed by atoms with E-state index in [9.17, 15) is 9.59 Å². The van der Waals surface area contributed by atoms with Gasteiger partial charge in [-0.2, -0.15) is 0 Å². The number of hydrogen-bond donors (Lipinski definition) is 2. The highest BCUT2D eigenvalue weighted by molar-refractivity contribution is 5.89. The summed E-state index contributed by atoms with van der Waals surface area (Å²) < 4.78 is 9.73. The van der Waals surface area contributed by atoms with Crippen LogP contribution in [-0.4, -0.2) is 37.2 Å². The van der Waals surface area contributed by atoms with Gasteiger partial charge in [0.25, 0.3) is 0 Å². The van der Waals surface area contributed by atoms with Crippen LogP contribution in [0.5, 0.6) is 0 Å². The molecule has 0 radical (unpaired) electrons. The number of carbonyl (C=O) groups is 2. The highest BCUT2D eigenvalue weighted by Gasteiger charge is 2.34. The van der Waals surface area contributed by atoms with E-state index >= 15 is 0 Å². The molecule has 1 aliphatic heterocycles. The number of aromatic amines is 1. The molecule has 4 rings (SSSR count). The minimum absolute atomic E-state index is 0.211. The fourth-order valence-corrected chi connectivity index (χ4v) is 3.72. The van der Waals surface area contributed by atoms with Gasteiger partial charge < -0.3 is 14.5 Å². The fourth-order valence-electron chi connectivity index (χ4n) is 3.72. The lowest BCUT2D eigenvalue weighted by molar-refractivity contribution is -0.143. The van der Waals surface area contributed by atoms with E-state index in [0.717, 1.165) is 27.7 Å². The molecule has 0 amide bonds. The van der Waals surface area contributed by atoms with Gasteiger partial charge in [-0.25, -0.2) is 4.79 Å². The Morgan fingerprint density at radius 1 is 1.00 bits per heavy atom. The Morgan fingerprint density at radius 2 is 1.74 bits per heavy atom. The van der Waals surface area contributed by atoms with Crippen LogP contribution in [0.2, 0.25) is 0 Å². The average Bonchev–Trinajstić information content (AvgIpc) is 3.10. The van der Waals surface area contributed by atoms with Gasteiger partial charge in [-0.15, -0.1) is 0 Å². The van der Waals surface area contributed by atoms with Gasteiger partial charge in [0.2, 0.25) is 0 Å². The van der Waals surface area contributed by atoms with Crippen LogP contribution in [0.1, 0.15) is 33.2 Å². The smallest absolute Gasteiger partial charge is 0.337 e. The van der Waals surface area contributed by atoms with Crippen LogP contribution in [0.25, 0.3) is 10.9 Å². The monoisotopic (exact) mass is 364 g/mol. The van der Waals surface area contributed by atoms with E-state index in [1.54, 1.807) is 12.1 Å². The van der Waals surface area contributed by atoms with E-state index in [0.29, 0.717) is 12.0 Å². The number of carbonyl (C=O) groups excluding carboxylic acids is 2. The maximum atomic E-state index is 12.2. The summed E-state index contributed by atoms with van der Waals surface area (Å²) in [5.41, 5.74) is 4.61. The summed E-state index contributed by atoms with van der Waals surface area (Å²) in [6.45, 7) is 0. The number of fused-ring (bicyclic) bond motifs is 3. The molecule has 0 saturated carbocycles. The number of aromatic nitrogens is 1. The van der Waals surface area contributed by atoms with E-state index in [1.807, 2.05) is 30.3 Å². The van der Waals surface area contributed by atoms with Crippen molar-refractivity contribution in [3.05, 3.63) is 70.9 Å². The SMILES string of the molecule is COC(=O)c1ccc(C2N[C@H](C(=O)OC)Cc3c2[nH]c2ccccc32)cc1. The molecule has 2 N–H and O–H groups in total. The topological polar surface area (TPSA) is 80.4 Å². The molecule has 0 bridgehead atoms. The van der Waals surface area contributed by atoms with Crippen molar-refractivity contribution in [2.45, 2.75) is 18.5 Å². The van der Waals surface area contributed by atoms with Crippen molar-refractivity contribution >= 4 is 22.8 Å². The highest BCUT2D eigenvalue weighted by atomic mass is 16.5. The number of rotatable bonds is 3. The van der Waals surface area contributed by atoms with Crippen LogP contribution >= 0.6 is 0 Å². The second kappa shape index (κ2) is 6.89. The molecule has 2 heterocycles. The Kier molecular flexibility index (Phi) is 4.41. The number of ether oxygens (including phenoxy) is 2. The Hall–Kier alpha value is -3.12. The summed E-state index contributed by atoms with van der Waals surface area (Å²) in [5, 5.41) is 4.49. The van der Waals surface area contributed by atoms with Crippen molar-refractivity contribution in [1.82, 2.24) is 10.3 Å². The third kappa shape index (κ3) is 2.98. The maximum absolute atomic E-state index is 12.2. The highest BCUT2D eigenvalue weighted by Crippen LogP contribution is 2.35. The molecule has 0 aliphatic carbocycles. The minimum Gasteiger partial charge on any atom is -0.468 e. The van der Waals surface area contributed by atoms with Crippen LogP contribution in [-0.2, 0) is 20.7 Å². The molecule has 6 heteroatoms. The molecule has 0 fully saturated rings. The molecule has 3 aromatic rings. The van der Waals surface area contributed by atoms with Gasteiger partial charge in [0, 0.05) is 23.0 Å². The number of hydrogen-bond acceptors (Lipinski definition) is 5. The van der Waals surface area contributed by atoms with Crippen LogP contribution in [0.3, 0.4) is 0 Å². The lowest BCUT2D eigenvalue weighted by Gasteiger charge is -2.30. The van der Waals surface area contributed by atoms with Crippen molar-refractivity contribution in [2.24, 2.45) is 0 Å². The first kappa shape index (κ1) is 17.3. The molecule has 6 nitrogen and oxygen atoms in total. The van der Waals surface area contributed by atoms with E-state index in [-0.39, 0.29) is 18.0 Å². The Morgan fingerprint density at radius 3 is 2.44 bits per heavy atom. The van der Waals surface area contributed by atoms with E-state index in [1.165, 1.54) is 14.2 Å². The summed E-state index contributed by atoms with van der Waals surface area (Å²) in [5.74, 6) is -0.668. The maximum Gasteiger partial charge on any atom is 0.337 e. The zero-order valence-electron chi connectivity index (χ0n) is 15.1. The average molecular weight is 364 g/mol. The molecule has 0 saturated heterocycles. The second-order valence-electron chi connectivity index (χ2n) is 6.56. The van der Waals surface area contributed by atoms with E-state index in [4.69, 9.17) is 9.47 Å². The number of H-pyrrole nitrogens is 1. The van der Waals surface area contributed by atoms with Crippen LogP contribution < -0.4 is 5.32 Å². The number of para-hydroxylation sites is 1. The molecular formula is C21H20N2O4. The zero-order chi connectivity index (χ0) is 19.0. The molecule has 2 aromatic carbocycles. The second-order valence-corrected chi connectivity index (χ2v) is 6.56. The predicted molar refractivity (Wildman–Crippen MR) is 101 cm³/mol. The minimum atomic E-state index is -0.438. The molecule has 27 heavy (non-hydrogen) atoms. The van der Waals surface area contributed by atoms with Crippen LogP contribution in [0, 0.1) is 0 Å². The number of nitrogens with one attached hydrogen (secondary N) is 2. The first-order chi connectivity index (χ1) is 13.1. The third-order valence-corrected chi connectivity index (χ3v) is 5.06. The number of benzene rings is 2. The van der Waals surface area contributed by atoms with Crippen LogP contribution in [0.15, 0.2) is 48.5 Å². The summed E-state index contributed by atoms with van der Waals surface area (Å²) in [7, 11) is 2.76. The third-order valence-electron chi connectivity index (χ3n) is 5.06. The largest absolute Gasteiger partial charge is 0.468 e. The van der Waals surface area contributed by atoms with Gasteiger partial charge in [-0.05, 0) is 29.3 Å². The van der Waals surface area contributed by atoms with Gasteiger partial charge in [0.05, 0.1) is 25.8 Å². The predicted octanol–water partition coefficient (Wildman–Crippen LogP) is 2.73. The number of methoxy groups -OCH3 is 2. The summed E-state index contributed by atoms with van der Waals surface area (Å²) in [6.07, 6.45) is 0.558. The van der Waals surface area contributed by atoms with Gasteiger partial charge >= 0.3 is 11.9 Å². The summed E-state index contributed by atoms with van der Waals surface area (Å²) >= 11 is 0.